The summed E-state index contributed by atoms with van der Waals surface area (Å²) in [5.41, 5.74) is 14.9. The molecule has 2 heterocycles. The number of amides is 2. The van der Waals surface area contributed by atoms with Crippen LogP contribution in [-0.2, 0) is 9.53 Å². The zero-order chi connectivity index (χ0) is 31.1. The molecule has 2 aromatic carbocycles. The monoisotopic (exact) mass is 596 g/mol. The standard InChI is InChI=1S/C32H44N4O7/c1-5-22-9-6-11-35(22)32(39)25-16-29(40-4)30(18-27(25)34)42-14-8-13-41-28-17-26(33)24(15-20(28)2)31(38)36-12-7-10-23(36)19-43-21(3)37/h15-18,22-23H,5-14,19,33-34H2,1-4H3/t22-,23+/m1/s1. The summed E-state index contributed by atoms with van der Waals surface area (Å²) in [4.78, 5) is 41.3. The van der Waals surface area contributed by atoms with E-state index in [2.05, 4.69) is 6.92 Å². The zero-order valence-corrected chi connectivity index (χ0v) is 25.6. The van der Waals surface area contributed by atoms with Crippen molar-refractivity contribution < 1.29 is 33.3 Å². The van der Waals surface area contributed by atoms with E-state index in [1.807, 2.05) is 11.8 Å². The Kier molecular flexibility index (Phi) is 10.6. The number of hydrogen-bond donors (Lipinski definition) is 2. The molecule has 0 unspecified atom stereocenters. The van der Waals surface area contributed by atoms with Gasteiger partial charge in [-0.25, -0.2) is 0 Å². The van der Waals surface area contributed by atoms with Gasteiger partial charge in [0.15, 0.2) is 11.5 Å². The van der Waals surface area contributed by atoms with Gasteiger partial charge in [-0.3, -0.25) is 14.4 Å². The molecular formula is C32H44N4O7. The first-order valence-corrected chi connectivity index (χ1v) is 15.0. The summed E-state index contributed by atoms with van der Waals surface area (Å²) < 4.78 is 22.6. The predicted molar refractivity (Wildman–Crippen MR) is 164 cm³/mol. The molecule has 0 bridgehead atoms. The fourth-order valence-corrected chi connectivity index (χ4v) is 5.83. The third-order valence-electron chi connectivity index (χ3n) is 8.17. The van der Waals surface area contributed by atoms with Crippen molar-refractivity contribution >= 4 is 29.2 Å². The summed E-state index contributed by atoms with van der Waals surface area (Å²) in [6.45, 7) is 7.51. The van der Waals surface area contributed by atoms with Gasteiger partial charge < -0.3 is 40.2 Å². The first-order chi connectivity index (χ1) is 20.6. The molecule has 0 radical (unpaired) electrons. The van der Waals surface area contributed by atoms with E-state index in [-0.39, 0.29) is 36.5 Å². The van der Waals surface area contributed by atoms with Crippen molar-refractivity contribution in [1.82, 2.24) is 9.80 Å². The lowest BCUT2D eigenvalue weighted by Gasteiger charge is -2.25. The van der Waals surface area contributed by atoms with E-state index in [4.69, 9.17) is 30.4 Å². The van der Waals surface area contributed by atoms with E-state index in [1.54, 1.807) is 29.2 Å². The minimum Gasteiger partial charge on any atom is -0.493 e. The highest BCUT2D eigenvalue weighted by molar-refractivity contribution is 6.01. The summed E-state index contributed by atoms with van der Waals surface area (Å²) in [5, 5.41) is 0. The Labute approximate surface area is 253 Å². The van der Waals surface area contributed by atoms with Crippen LogP contribution in [0.1, 0.15) is 78.7 Å². The number of anilines is 2. The smallest absolute Gasteiger partial charge is 0.302 e. The molecule has 11 nitrogen and oxygen atoms in total. The molecule has 0 saturated carbocycles. The van der Waals surface area contributed by atoms with Gasteiger partial charge in [0, 0.05) is 56.0 Å². The van der Waals surface area contributed by atoms with E-state index in [9.17, 15) is 14.4 Å². The lowest BCUT2D eigenvalue weighted by molar-refractivity contribution is -0.142. The molecule has 2 atom stereocenters. The molecule has 2 aliphatic heterocycles. The number of nitrogens with zero attached hydrogens (tertiary/aromatic N) is 2. The van der Waals surface area contributed by atoms with Crippen LogP contribution in [-0.4, -0.2) is 79.7 Å². The number of carbonyl (C=O) groups excluding carboxylic acids is 3. The number of benzene rings is 2. The number of rotatable bonds is 12. The number of hydrogen-bond acceptors (Lipinski definition) is 9. The molecule has 2 aliphatic rings. The van der Waals surface area contributed by atoms with Crippen molar-refractivity contribution in [2.75, 3.05) is 51.5 Å². The molecule has 2 saturated heterocycles. The van der Waals surface area contributed by atoms with E-state index in [1.165, 1.54) is 14.0 Å². The summed E-state index contributed by atoms with van der Waals surface area (Å²) in [6.07, 6.45) is 5.10. The Bertz CT molecular complexity index is 1330. The topological polar surface area (TPSA) is 147 Å². The quantitative estimate of drug-likeness (QED) is 0.209. The molecule has 0 spiro atoms. The summed E-state index contributed by atoms with van der Waals surface area (Å²) in [6, 6.07) is 6.79. The normalized spacial score (nSPS) is 18.0. The lowest BCUT2D eigenvalue weighted by Crippen LogP contribution is -2.39. The van der Waals surface area contributed by atoms with Crippen LogP contribution < -0.4 is 25.7 Å². The lowest BCUT2D eigenvalue weighted by atomic mass is 10.1. The van der Waals surface area contributed by atoms with E-state index in [0.29, 0.717) is 65.9 Å². The van der Waals surface area contributed by atoms with Crippen molar-refractivity contribution in [3.05, 3.63) is 41.0 Å². The number of nitrogens with two attached hydrogens (primary N) is 2. The van der Waals surface area contributed by atoms with E-state index < -0.39 is 0 Å². The molecule has 4 N–H and O–H groups in total. The van der Waals surface area contributed by atoms with Gasteiger partial charge in [0.25, 0.3) is 11.8 Å². The van der Waals surface area contributed by atoms with Gasteiger partial charge in [-0.05, 0) is 56.7 Å². The number of esters is 1. The Morgan fingerprint density at radius 2 is 1.40 bits per heavy atom. The molecule has 2 fully saturated rings. The zero-order valence-electron chi connectivity index (χ0n) is 25.6. The second-order valence-corrected chi connectivity index (χ2v) is 11.1. The SMILES string of the molecule is CC[C@@H]1CCCN1C(=O)c1cc(OC)c(OCCCOc2cc(N)c(C(=O)N3CCC[C@H]3COC(C)=O)cc2C)cc1N. The number of likely N-dealkylation sites (tertiary alicyclic amines) is 2. The summed E-state index contributed by atoms with van der Waals surface area (Å²) >= 11 is 0. The molecule has 4 rings (SSSR count). The summed E-state index contributed by atoms with van der Waals surface area (Å²) in [5.74, 6) is 0.873. The molecule has 2 aromatic rings. The van der Waals surface area contributed by atoms with Gasteiger partial charge in [-0.15, -0.1) is 0 Å². The highest BCUT2D eigenvalue weighted by Crippen LogP contribution is 2.35. The first kappa shape index (κ1) is 31.8. The van der Waals surface area contributed by atoms with Gasteiger partial charge in [0.2, 0.25) is 0 Å². The average molecular weight is 597 g/mol. The van der Waals surface area contributed by atoms with Crippen LogP contribution in [0.2, 0.25) is 0 Å². The summed E-state index contributed by atoms with van der Waals surface area (Å²) in [7, 11) is 1.53. The predicted octanol–water partition coefficient (Wildman–Crippen LogP) is 4.20. The van der Waals surface area contributed by atoms with Gasteiger partial charge in [0.1, 0.15) is 12.4 Å². The fourth-order valence-electron chi connectivity index (χ4n) is 5.83. The average Bonchev–Trinajstić information content (AvgIpc) is 3.66. The van der Waals surface area contributed by atoms with Crippen LogP contribution in [0.25, 0.3) is 0 Å². The van der Waals surface area contributed by atoms with Gasteiger partial charge in [-0.2, -0.15) is 0 Å². The van der Waals surface area contributed by atoms with Crippen molar-refractivity contribution in [1.29, 1.82) is 0 Å². The van der Waals surface area contributed by atoms with Gasteiger partial charge >= 0.3 is 5.97 Å². The third kappa shape index (κ3) is 7.44. The largest absolute Gasteiger partial charge is 0.493 e. The van der Waals surface area contributed by atoms with Crippen molar-refractivity contribution in [3.8, 4) is 17.2 Å². The molecule has 234 valence electrons. The number of nitrogen functional groups attached to an aromatic ring is 2. The van der Waals surface area contributed by atoms with Crippen LogP contribution in [0.15, 0.2) is 24.3 Å². The Morgan fingerprint density at radius 3 is 2.00 bits per heavy atom. The van der Waals surface area contributed by atoms with Crippen LogP contribution in [0, 0.1) is 6.92 Å². The molecule has 0 aliphatic carbocycles. The number of ether oxygens (including phenoxy) is 4. The Hall–Kier alpha value is -4.15. The first-order valence-electron chi connectivity index (χ1n) is 15.0. The molecule has 0 aromatic heterocycles. The highest BCUT2D eigenvalue weighted by atomic mass is 16.5. The Morgan fingerprint density at radius 1 is 0.837 bits per heavy atom. The van der Waals surface area contributed by atoms with E-state index >= 15 is 0 Å². The number of carbonyl (C=O) groups is 3. The molecule has 11 heteroatoms. The van der Waals surface area contributed by atoms with Crippen molar-refractivity contribution in [2.24, 2.45) is 0 Å². The molecule has 2 amide bonds. The van der Waals surface area contributed by atoms with Crippen LogP contribution in [0.5, 0.6) is 17.2 Å². The maximum absolute atomic E-state index is 13.3. The number of aryl methyl sites for hydroxylation is 1. The van der Waals surface area contributed by atoms with Crippen LogP contribution in [0.4, 0.5) is 11.4 Å². The third-order valence-corrected chi connectivity index (χ3v) is 8.17. The maximum atomic E-state index is 13.3. The fraction of sp³-hybridized carbons (Fsp3) is 0.531. The van der Waals surface area contributed by atoms with Crippen molar-refractivity contribution in [3.63, 3.8) is 0 Å². The highest BCUT2D eigenvalue weighted by Gasteiger charge is 2.32. The molecule has 43 heavy (non-hydrogen) atoms. The molecular weight excluding hydrogens is 552 g/mol. The second kappa shape index (κ2) is 14.3. The van der Waals surface area contributed by atoms with Crippen LogP contribution in [0.3, 0.4) is 0 Å². The van der Waals surface area contributed by atoms with Crippen LogP contribution >= 0.6 is 0 Å². The minimum absolute atomic E-state index is 0.0790. The minimum atomic E-state index is -0.364. The van der Waals surface area contributed by atoms with Crippen molar-refractivity contribution in [2.45, 2.75) is 71.4 Å². The Balaban J connectivity index is 1.31. The number of methoxy groups -OCH3 is 1. The maximum Gasteiger partial charge on any atom is 0.302 e. The van der Waals surface area contributed by atoms with E-state index in [0.717, 1.165) is 44.2 Å². The second-order valence-electron chi connectivity index (χ2n) is 11.1. The van der Waals surface area contributed by atoms with Gasteiger partial charge in [-0.1, -0.05) is 6.92 Å². The van der Waals surface area contributed by atoms with Gasteiger partial charge in [0.05, 0.1) is 37.5 Å².